The minimum Gasteiger partial charge on any atom is -0.393 e. The Labute approximate surface area is 166 Å². The predicted molar refractivity (Wildman–Crippen MR) is 108 cm³/mol. The van der Waals surface area contributed by atoms with Crippen molar-refractivity contribution in [3.05, 3.63) is 64.0 Å². The Morgan fingerprint density at radius 2 is 2.11 bits per heavy atom. The molecule has 2 heterocycles. The molecule has 0 spiro atoms. The predicted octanol–water partition coefficient (Wildman–Crippen LogP) is 4.27. The standard InChI is InChI=1S/C20H20BrN5O/c1-3-18(27)10-17-11-20(24-19-5-4-15(21)9-14(19)12-22)25-26(17)16-6-7-23-13(2)8-16/h4-9,11,18,27H,3,10H2,1-2H3,(H,24,25)/t18-/m0/s1. The molecule has 0 saturated carbocycles. The molecule has 0 radical (unpaired) electrons. The zero-order valence-electron chi connectivity index (χ0n) is 15.1. The normalized spacial score (nSPS) is 11.8. The highest BCUT2D eigenvalue weighted by Crippen LogP contribution is 2.25. The number of aryl methyl sites for hydroxylation is 1. The molecule has 27 heavy (non-hydrogen) atoms. The van der Waals surface area contributed by atoms with Gasteiger partial charge in [-0.15, -0.1) is 5.10 Å². The van der Waals surface area contributed by atoms with Gasteiger partial charge >= 0.3 is 0 Å². The molecule has 1 atom stereocenters. The van der Waals surface area contributed by atoms with E-state index < -0.39 is 6.10 Å². The van der Waals surface area contributed by atoms with E-state index in [4.69, 9.17) is 0 Å². The van der Waals surface area contributed by atoms with Crippen molar-refractivity contribution in [1.82, 2.24) is 14.8 Å². The molecule has 2 N–H and O–H groups in total. The highest BCUT2D eigenvalue weighted by atomic mass is 79.9. The molecule has 7 heteroatoms. The van der Waals surface area contributed by atoms with E-state index >= 15 is 0 Å². The summed E-state index contributed by atoms with van der Waals surface area (Å²) in [6.07, 6.45) is 2.44. The Morgan fingerprint density at radius 3 is 2.81 bits per heavy atom. The zero-order chi connectivity index (χ0) is 19.4. The lowest BCUT2D eigenvalue weighted by molar-refractivity contribution is 0.169. The van der Waals surface area contributed by atoms with Gasteiger partial charge in [0, 0.05) is 34.5 Å². The van der Waals surface area contributed by atoms with Gasteiger partial charge in [0.25, 0.3) is 0 Å². The average Bonchev–Trinajstić information content (AvgIpc) is 3.05. The molecule has 0 aliphatic carbocycles. The van der Waals surface area contributed by atoms with Crippen LogP contribution in [0.3, 0.4) is 0 Å². The van der Waals surface area contributed by atoms with Crippen molar-refractivity contribution in [3.8, 4) is 11.8 Å². The minimum atomic E-state index is -0.446. The van der Waals surface area contributed by atoms with Crippen molar-refractivity contribution < 1.29 is 5.11 Å². The quantitative estimate of drug-likeness (QED) is 0.615. The van der Waals surface area contributed by atoms with E-state index in [1.165, 1.54) is 0 Å². The zero-order valence-corrected chi connectivity index (χ0v) is 16.7. The van der Waals surface area contributed by atoms with Gasteiger partial charge < -0.3 is 10.4 Å². The smallest absolute Gasteiger partial charge is 0.153 e. The van der Waals surface area contributed by atoms with E-state index in [9.17, 15) is 10.4 Å². The van der Waals surface area contributed by atoms with Crippen molar-refractivity contribution in [3.63, 3.8) is 0 Å². The summed E-state index contributed by atoms with van der Waals surface area (Å²) in [7, 11) is 0. The van der Waals surface area contributed by atoms with Crippen LogP contribution in [0.2, 0.25) is 0 Å². The Bertz CT molecular complexity index is 992. The Hall–Kier alpha value is -2.69. The molecule has 2 aromatic heterocycles. The lowest BCUT2D eigenvalue weighted by Crippen LogP contribution is -2.12. The number of halogens is 1. The molecule has 0 saturated heterocycles. The van der Waals surface area contributed by atoms with Gasteiger partial charge in [0.05, 0.1) is 23.0 Å². The van der Waals surface area contributed by atoms with Crippen molar-refractivity contribution in [2.24, 2.45) is 0 Å². The van der Waals surface area contributed by atoms with E-state index in [2.05, 4.69) is 37.4 Å². The molecule has 3 rings (SSSR count). The fourth-order valence-electron chi connectivity index (χ4n) is 2.75. The summed E-state index contributed by atoms with van der Waals surface area (Å²) in [5.74, 6) is 0.613. The maximum Gasteiger partial charge on any atom is 0.153 e. The number of hydrogen-bond acceptors (Lipinski definition) is 5. The molecule has 0 aliphatic rings. The van der Waals surface area contributed by atoms with Gasteiger partial charge in [-0.1, -0.05) is 22.9 Å². The Morgan fingerprint density at radius 1 is 1.30 bits per heavy atom. The van der Waals surface area contributed by atoms with Crippen LogP contribution in [-0.2, 0) is 6.42 Å². The number of nitriles is 1. The molecule has 0 amide bonds. The van der Waals surface area contributed by atoms with Crippen LogP contribution in [0.1, 0.15) is 30.3 Å². The summed E-state index contributed by atoms with van der Waals surface area (Å²) in [6, 6.07) is 13.4. The van der Waals surface area contributed by atoms with Crippen LogP contribution in [0.4, 0.5) is 11.5 Å². The topological polar surface area (TPSA) is 86.8 Å². The highest BCUT2D eigenvalue weighted by molar-refractivity contribution is 9.10. The van der Waals surface area contributed by atoms with Gasteiger partial charge in [-0.3, -0.25) is 4.98 Å². The third kappa shape index (κ3) is 4.54. The SMILES string of the molecule is CC[C@H](O)Cc1cc(Nc2ccc(Br)cc2C#N)nn1-c1ccnc(C)c1. The van der Waals surface area contributed by atoms with Gasteiger partial charge in [0.1, 0.15) is 6.07 Å². The van der Waals surface area contributed by atoms with E-state index in [1.807, 2.05) is 44.2 Å². The van der Waals surface area contributed by atoms with Crippen molar-refractivity contribution in [2.75, 3.05) is 5.32 Å². The van der Waals surface area contributed by atoms with Crippen molar-refractivity contribution in [1.29, 1.82) is 5.26 Å². The number of hydrogen-bond donors (Lipinski definition) is 2. The van der Waals surface area contributed by atoms with Crippen molar-refractivity contribution >= 4 is 27.4 Å². The molecule has 0 aliphatic heterocycles. The molecular formula is C20H20BrN5O. The highest BCUT2D eigenvalue weighted by Gasteiger charge is 2.14. The number of pyridine rings is 1. The number of nitrogens with zero attached hydrogens (tertiary/aromatic N) is 4. The maximum absolute atomic E-state index is 10.1. The van der Waals surface area contributed by atoms with Crippen LogP contribution in [0, 0.1) is 18.3 Å². The molecule has 0 unspecified atom stereocenters. The summed E-state index contributed by atoms with van der Waals surface area (Å²) in [5.41, 5.74) is 3.85. The summed E-state index contributed by atoms with van der Waals surface area (Å²) in [6.45, 7) is 3.87. The van der Waals surface area contributed by atoms with Crippen LogP contribution in [-0.4, -0.2) is 26.0 Å². The summed E-state index contributed by atoms with van der Waals surface area (Å²) >= 11 is 3.38. The van der Waals surface area contributed by atoms with Gasteiger partial charge in [-0.05, 0) is 43.7 Å². The number of benzene rings is 1. The fraction of sp³-hybridized carbons (Fsp3) is 0.250. The van der Waals surface area contributed by atoms with Crippen LogP contribution in [0.5, 0.6) is 0 Å². The van der Waals surface area contributed by atoms with E-state index in [-0.39, 0.29) is 0 Å². The second kappa shape index (κ2) is 8.33. The second-order valence-corrected chi connectivity index (χ2v) is 7.20. The lowest BCUT2D eigenvalue weighted by atomic mass is 10.1. The lowest BCUT2D eigenvalue weighted by Gasteiger charge is -2.10. The monoisotopic (exact) mass is 425 g/mol. The van der Waals surface area contributed by atoms with Crippen molar-refractivity contribution in [2.45, 2.75) is 32.8 Å². The maximum atomic E-state index is 10.1. The van der Waals surface area contributed by atoms with Gasteiger partial charge in [-0.25, -0.2) is 4.68 Å². The number of anilines is 2. The molecule has 138 valence electrons. The molecule has 1 aromatic carbocycles. The van der Waals surface area contributed by atoms with Gasteiger partial charge in [0.15, 0.2) is 5.82 Å². The first-order chi connectivity index (χ1) is 13.0. The number of aromatic nitrogens is 3. The first-order valence-corrected chi connectivity index (χ1v) is 9.46. The number of aliphatic hydroxyl groups excluding tert-OH is 1. The molecule has 6 nitrogen and oxygen atoms in total. The third-order valence-corrected chi connectivity index (χ3v) is 4.68. The van der Waals surface area contributed by atoms with E-state index in [0.717, 1.165) is 21.5 Å². The summed E-state index contributed by atoms with van der Waals surface area (Å²) in [4.78, 5) is 4.23. The number of nitrogens with one attached hydrogen (secondary N) is 1. The Balaban J connectivity index is 2.00. The van der Waals surface area contributed by atoms with E-state index in [1.54, 1.807) is 16.9 Å². The largest absolute Gasteiger partial charge is 0.393 e. The molecular weight excluding hydrogens is 406 g/mol. The minimum absolute atomic E-state index is 0.446. The molecule has 0 bridgehead atoms. The first kappa shape index (κ1) is 19.1. The Kier molecular flexibility index (Phi) is 5.89. The molecule has 3 aromatic rings. The van der Waals surface area contributed by atoms with Gasteiger partial charge in [-0.2, -0.15) is 5.26 Å². The number of aliphatic hydroxyl groups is 1. The fourth-order valence-corrected chi connectivity index (χ4v) is 3.11. The van der Waals surface area contributed by atoms with E-state index in [0.29, 0.717) is 29.9 Å². The molecule has 0 fully saturated rings. The van der Waals surface area contributed by atoms with Crippen LogP contribution < -0.4 is 5.32 Å². The summed E-state index contributed by atoms with van der Waals surface area (Å²) in [5, 5.41) is 27.4. The van der Waals surface area contributed by atoms with Crippen LogP contribution >= 0.6 is 15.9 Å². The number of rotatable bonds is 6. The van der Waals surface area contributed by atoms with Crippen LogP contribution in [0.15, 0.2) is 47.1 Å². The average molecular weight is 426 g/mol. The second-order valence-electron chi connectivity index (χ2n) is 6.28. The van der Waals surface area contributed by atoms with Gasteiger partial charge in [0.2, 0.25) is 0 Å². The third-order valence-electron chi connectivity index (χ3n) is 4.19. The first-order valence-electron chi connectivity index (χ1n) is 8.67. The van der Waals surface area contributed by atoms with Crippen LogP contribution in [0.25, 0.3) is 5.69 Å². The summed E-state index contributed by atoms with van der Waals surface area (Å²) < 4.78 is 2.65.